The molecule has 1 amide bonds. The number of carboxylic acid groups (broad SMARTS) is 1. The van der Waals surface area contributed by atoms with Crippen molar-refractivity contribution in [1.29, 1.82) is 0 Å². The predicted molar refractivity (Wildman–Crippen MR) is 74.2 cm³/mol. The van der Waals surface area contributed by atoms with Crippen molar-refractivity contribution in [1.82, 2.24) is 9.78 Å². The fourth-order valence-electron chi connectivity index (χ4n) is 2.72. The van der Waals surface area contributed by atoms with Gasteiger partial charge >= 0.3 is 5.97 Å². The second kappa shape index (κ2) is 6.54. The minimum atomic E-state index is -0.955. The maximum absolute atomic E-state index is 12.1. The van der Waals surface area contributed by atoms with E-state index in [2.05, 4.69) is 17.3 Å². The van der Waals surface area contributed by atoms with Crippen molar-refractivity contribution in [2.24, 2.45) is 11.8 Å². The SMILES string of the molecule is CCC1CCC(C(=O)Nc2ccn(CC(=O)O)n2)CC1. The normalized spacial score (nSPS) is 22.4. The van der Waals surface area contributed by atoms with E-state index in [1.165, 1.54) is 11.1 Å². The molecule has 1 aliphatic rings. The maximum atomic E-state index is 12.1. The number of carbonyl (C=O) groups is 2. The molecule has 1 heterocycles. The van der Waals surface area contributed by atoms with E-state index < -0.39 is 5.97 Å². The average molecular weight is 279 g/mol. The number of anilines is 1. The van der Waals surface area contributed by atoms with Crippen LogP contribution in [-0.2, 0) is 16.1 Å². The first kappa shape index (κ1) is 14.6. The first-order valence-corrected chi connectivity index (χ1v) is 7.14. The number of rotatable bonds is 5. The molecule has 2 N–H and O–H groups in total. The van der Waals surface area contributed by atoms with Gasteiger partial charge in [-0.3, -0.25) is 14.3 Å². The molecule has 0 saturated heterocycles. The first-order chi connectivity index (χ1) is 9.58. The molecule has 0 aromatic carbocycles. The lowest BCUT2D eigenvalue weighted by Gasteiger charge is -2.26. The van der Waals surface area contributed by atoms with Crippen LogP contribution >= 0.6 is 0 Å². The maximum Gasteiger partial charge on any atom is 0.325 e. The van der Waals surface area contributed by atoms with Crippen molar-refractivity contribution in [2.45, 2.75) is 45.6 Å². The van der Waals surface area contributed by atoms with Gasteiger partial charge in [-0.15, -0.1) is 0 Å². The highest BCUT2D eigenvalue weighted by atomic mass is 16.4. The zero-order chi connectivity index (χ0) is 14.5. The summed E-state index contributed by atoms with van der Waals surface area (Å²) in [6, 6.07) is 1.62. The molecule has 20 heavy (non-hydrogen) atoms. The van der Waals surface area contributed by atoms with Crippen molar-refractivity contribution < 1.29 is 14.7 Å². The predicted octanol–water partition coefficient (Wildman–Crippen LogP) is 2.12. The third-order valence-corrected chi connectivity index (χ3v) is 3.98. The first-order valence-electron chi connectivity index (χ1n) is 7.14. The van der Waals surface area contributed by atoms with Crippen LogP contribution < -0.4 is 5.32 Å². The lowest BCUT2D eigenvalue weighted by Crippen LogP contribution is -2.27. The van der Waals surface area contributed by atoms with Gasteiger partial charge in [0.25, 0.3) is 0 Å². The Morgan fingerprint density at radius 2 is 2.10 bits per heavy atom. The van der Waals surface area contributed by atoms with Gasteiger partial charge in [-0.05, 0) is 31.6 Å². The van der Waals surface area contributed by atoms with E-state index in [0.717, 1.165) is 31.6 Å². The third-order valence-electron chi connectivity index (χ3n) is 3.98. The minimum absolute atomic E-state index is 0.000119. The number of hydrogen-bond donors (Lipinski definition) is 2. The molecule has 1 aromatic rings. The van der Waals surface area contributed by atoms with Gasteiger partial charge in [0, 0.05) is 18.2 Å². The summed E-state index contributed by atoms with van der Waals surface area (Å²) in [6.45, 7) is 2.00. The summed E-state index contributed by atoms with van der Waals surface area (Å²) in [4.78, 5) is 22.7. The number of nitrogens with one attached hydrogen (secondary N) is 1. The number of carboxylic acids is 1. The highest BCUT2D eigenvalue weighted by molar-refractivity contribution is 5.91. The van der Waals surface area contributed by atoms with Crippen LogP contribution in [0.1, 0.15) is 39.0 Å². The number of aliphatic carboxylic acids is 1. The zero-order valence-electron chi connectivity index (χ0n) is 11.7. The fraction of sp³-hybridized carbons (Fsp3) is 0.643. The molecule has 0 aliphatic heterocycles. The quantitative estimate of drug-likeness (QED) is 0.864. The molecule has 6 heteroatoms. The summed E-state index contributed by atoms with van der Waals surface area (Å²) < 4.78 is 1.30. The summed E-state index contributed by atoms with van der Waals surface area (Å²) in [5.74, 6) is 0.286. The Bertz CT molecular complexity index is 476. The summed E-state index contributed by atoms with van der Waals surface area (Å²) in [7, 11) is 0. The standard InChI is InChI=1S/C14H21N3O3/c1-2-10-3-5-11(6-4-10)14(20)15-12-7-8-17(16-12)9-13(18)19/h7-8,10-11H,2-6,9H2,1H3,(H,18,19)(H,15,16,20). The van der Waals surface area contributed by atoms with Crippen LogP contribution in [0.4, 0.5) is 5.82 Å². The molecule has 1 aliphatic carbocycles. The topological polar surface area (TPSA) is 84.2 Å². The molecule has 0 unspecified atom stereocenters. The summed E-state index contributed by atoms with van der Waals surface area (Å²) >= 11 is 0. The highest BCUT2D eigenvalue weighted by Gasteiger charge is 2.25. The molecule has 6 nitrogen and oxygen atoms in total. The van der Waals surface area contributed by atoms with Crippen LogP contribution in [0, 0.1) is 11.8 Å². The van der Waals surface area contributed by atoms with Gasteiger partial charge in [-0.1, -0.05) is 13.3 Å². The van der Waals surface area contributed by atoms with Gasteiger partial charge in [0.05, 0.1) is 0 Å². The van der Waals surface area contributed by atoms with Crippen LogP contribution in [0.3, 0.4) is 0 Å². The Hall–Kier alpha value is -1.85. The van der Waals surface area contributed by atoms with E-state index in [-0.39, 0.29) is 18.4 Å². The van der Waals surface area contributed by atoms with E-state index in [1.807, 2.05) is 0 Å². The lowest BCUT2D eigenvalue weighted by atomic mass is 9.80. The van der Waals surface area contributed by atoms with Crippen LogP contribution in [0.2, 0.25) is 0 Å². The van der Waals surface area contributed by atoms with Crippen LogP contribution in [0.5, 0.6) is 0 Å². The number of amides is 1. The number of hydrogen-bond acceptors (Lipinski definition) is 3. The second-order valence-electron chi connectivity index (χ2n) is 5.41. The van der Waals surface area contributed by atoms with E-state index in [4.69, 9.17) is 5.11 Å². The second-order valence-corrected chi connectivity index (χ2v) is 5.41. The van der Waals surface area contributed by atoms with Crippen molar-refractivity contribution in [2.75, 3.05) is 5.32 Å². The van der Waals surface area contributed by atoms with Crippen molar-refractivity contribution in [3.05, 3.63) is 12.3 Å². The molecule has 2 rings (SSSR count). The Morgan fingerprint density at radius 1 is 1.40 bits per heavy atom. The highest BCUT2D eigenvalue weighted by Crippen LogP contribution is 2.31. The number of nitrogens with zero attached hydrogens (tertiary/aromatic N) is 2. The summed E-state index contributed by atoms with van der Waals surface area (Å²) in [6.07, 6.45) is 6.83. The fourth-order valence-corrected chi connectivity index (χ4v) is 2.72. The van der Waals surface area contributed by atoms with E-state index in [0.29, 0.717) is 5.82 Å². The molecule has 0 spiro atoms. The average Bonchev–Trinajstić information content (AvgIpc) is 2.85. The Kier molecular flexibility index (Phi) is 4.76. The van der Waals surface area contributed by atoms with Gasteiger partial charge in [0.1, 0.15) is 6.54 Å². The summed E-state index contributed by atoms with van der Waals surface area (Å²) in [5.41, 5.74) is 0. The van der Waals surface area contributed by atoms with E-state index in [9.17, 15) is 9.59 Å². The molecule has 110 valence electrons. The van der Waals surface area contributed by atoms with Gasteiger partial charge in [0.2, 0.25) is 5.91 Å². The Morgan fingerprint density at radius 3 is 2.70 bits per heavy atom. The smallest absolute Gasteiger partial charge is 0.325 e. The number of aromatic nitrogens is 2. The van der Waals surface area contributed by atoms with Gasteiger partial charge < -0.3 is 10.4 Å². The molecule has 0 bridgehead atoms. The molecule has 1 fully saturated rings. The molecular formula is C14H21N3O3. The Labute approximate surface area is 118 Å². The van der Waals surface area contributed by atoms with Gasteiger partial charge in [-0.25, -0.2) is 0 Å². The van der Waals surface area contributed by atoms with Crippen molar-refractivity contribution >= 4 is 17.7 Å². The molecule has 1 aromatic heterocycles. The monoisotopic (exact) mass is 279 g/mol. The number of carbonyl (C=O) groups excluding carboxylic acids is 1. The van der Waals surface area contributed by atoms with E-state index >= 15 is 0 Å². The zero-order valence-corrected chi connectivity index (χ0v) is 11.7. The van der Waals surface area contributed by atoms with Crippen LogP contribution in [0.15, 0.2) is 12.3 Å². The largest absolute Gasteiger partial charge is 0.480 e. The van der Waals surface area contributed by atoms with Crippen molar-refractivity contribution in [3.8, 4) is 0 Å². The van der Waals surface area contributed by atoms with E-state index in [1.54, 1.807) is 12.3 Å². The minimum Gasteiger partial charge on any atom is -0.480 e. The van der Waals surface area contributed by atoms with Gasteiger partial charge in [0.15, 0.2) is 5.82 Å². The molecular weight excluding hydrogens is 258 g/mol. The van der Waals surface area contributed by atoms with Gasteiger partial charge in [-0.2, -0.15) is 5.10 Å². The molecule has 0 atom stereocenters. The van der Waals surface area contributed by atoms with Crippen molar-refractivity contribution in [3.63, 3.8) is 0 Å². The molecule has 1 saturated carbocycles. The Balaban J connectivity index is 1.85. The van der Waals surface area contributed by atoms with Crippen LogP contribution in [0.25, 0.3) is 0 Å². The van der Waals surface area contributed by atoms with Crippen LogP contribution in [-0.4, -0.2) is 26.8 Å². The molecule has 0 radical (unpaired) electrons. The summed E-state index contributed by atoms with van der Waals surface area (Å²) in [5, 5.41) is 15.5. The third kappa shape index (κ3) is 3.82. The lowest BCUT2D eigenvalue weighted by molar-refractivity contribution is -0.137.